The van der Waals surface area contributed by atoms with Crippen LogP contribution in [0.1, 0.15) is 6.92 Å². The van der Waals surface area contributed by atoms with Crippen LogP contribution in [-0.4, -0.2) is 19.6 Å². The van der Waals surface area contributed by atoms with Gasteiger partial charge in [-0.05, 0) is 6.92 Å². The molecule has 0 aromatic heterocycles. The molecule has 0 saturated carbocycles. The second-order valence-corrected chi connectivity index (χ2v) is 1.87. The molecule has 0 amide bonds. The van der Waals surface area contributed by atoms with Crippen molar-refractivity contribution in [1.82, 2.24) is 0 Å². The Kier molecular flexibility index (Phi) is 14.8. The molecule has 0 rings (SSSR count). The smallest absolute Gasteiger partial charge is 0.726 e. The van der Waals surface area contributed by atoms with Crippen molar-refractivity contribution in [2.45, 2.75) is 6.92 Å². The molecular formula is C3H6LiNO4S. The standard InChI is InChI=1S/C2H6O4S.CHN.Li/c1-2-6-7(3,4)5;1-2;/h2H2,1H3,(H,3,4,5);1H;/q;;+1/p-1. The maximum Gasteiger partial charge on any atom is 1.00 e. The van der Waals surface area contributed by atoms with Gasteiger partial charge in [-0.1, -0.05) is 0 Å². The molecule has 0 aliphatic rings. The first-order valence-electron chi connectivity index (χ1n) is 1.92. The minimum Gasteiger partial charge on any atom is -0.726 e. The van der Waals surface area contributed by atoms with E-state index in [1.807, 2.05) is 0 Å². The second-order valence-electron chi connectivity index (χ2n) is 0.815. The van der Waals surface area contributed by atoms with Gasteiger partial charge in [0.25, 0.3) is 0 Å². The Morgan fingerprint density at radius 3 is 1.90 bits per heavy atom. The van der Waals surface area contributed by atoms with Gasteiger partial charge in [-0.15, -0.1) is 0 Å². The summed E-state index contributed by atoms with van der Waals surface area (Å²) in [6.07, 6.45) is 0. The Hall–Kier alpha value is -0.0426. The number of hydrogen-bond donors (Lipinski definition) is 0. The summed E-state index contributed by atoms with van der Waals surface area (Å²) in [5.74, 6) is 0. The largest absolute Gasteiger partial charge is 1.00 e. The van der Waals surface area contributed by atoms with Gasteiger partial charge in [0.15, 0.2) is 0 Å². The molecule has 0 heterocycles. The van der Waals surface area contributed by atoms with Crippen molar-refractivity contribution in [2.75, 3.05) is 6.61 Å². The van der Waals surface area contributed by atoms with Gasteiger partial charge in [0.2, 0.25) is 10.4 Å². The van der Waals surface area contributed by atoms with Crippen molar-refractivity contribution in [3.8, 4) is 6.57 Å². The first-order chi connectivity index (χ1) is 4.06. The molecule has 0 spiro atoms. The number of nitriles is 1. The molecule has 0 bridgehead atoms. The quantitative estimate of drug-likeness (QED) is 0.238. The van der Waals surface area contributed by atoms with Crippen molar-refractivity contribution in [1.29, 1.82) is 5.26 Å². The molecule has 0 fully saturated rings. The fraction of sp³-hybridized carbons (Fsp3) is 0.667. The van der Waals surface area contributed by atoms with Gasteiger partial charge in [-0.25, -0.2) is 13.7 Å². The zero-order valence-corrected chi connectivity index (χ0v) is 6.59. The predicted molar refractivity (Wildman–Crippen MR) is 28.0 cm³/mol. The first kappa shape index (κ1) is 16.5. The fourth-order valence-corrected chi connectivity index (χ4v) is 0.433. The summed E-state index contributed by atoms with van der Waals surface area (Å²) >= 11 is 0. The van der Waals surface area contributed by atoms with Gasteiger partial charge in [0, 0.05) is 6.57 Å². The van der Waals surface area contributed by atoms with E-state index in [9.17, 15) is 13.0 Å². The molecule has 0 aromatic carbocycles. The van der Waals surface area contributed by atoms with Gasteiger partial charge in [0.1, 0.15) is 0 Å². The third-order valence-corrected chi connectivity index (χ3v) is 0.787. The van der Waals surface area contributed by atoms with Crippen LogP contribution in [0.5, 0.6) is 0 Å². The van der Waals surface area contributed by atoms with E-state index in [1.165, 1.54) is 6.92 Å². The molecule has 5 nitrogen and oxygen atoms in total. The van der Waals surface area contributed by atoms with Crippen LogP contribution < -0.4 is 18.9 Å². The van der Waals surface area contributed by atoms with Gasteiger partial charge < -0.3 is 4.55 Å². The van der Waals surface area contributed by atoms with Crippen molar-refractivity contribution < 1.29 is 36.0 Å². The zero-order valence-electron chi connectivity index (χ0n) is 5.77. The molecular weight excluding hydrogens is 153 g/mol. The van der Waals surface area contributed by atoms with E-state index < -0.39 is 10.4 Å². The molecule has 54 valence electrons. The summed E-state index contributed by atoms with van der Waals surface area (Å²) in [6, 6.07) is 0. The van der Waals surface area contributed by atoms with E-state index in [4.69, 9.17) is 5.26 Å². The summed E-state index contributed by atoms with van der Waals surface area (Å²) in [5, 5.41) is 6.50. The van der Waals surface area contributed by atoms with E-state index in [1.54, 1.807) is 0 Å². The Balaban J connectivity index is -0.000000149. The Bertz CT molecular complexity index is 163. The van der Waals surface area contributed by atoms with Crippen molar-refractivity contribution in [3.05, 3.63) is 0 Å². The molecule has 0 aromatic rings. The van der Waals surface area contributed by atoms with Gasteiger partial charge in [-0.3, -0.25) is 4.18 Å². The first-order valence-corrected chi connectivity index (χ1v) is 3.25. The summed E-state index contributed by atoms with van der Waals surface area (Å²) in [6.45, 7) is 4.83. The Morgan fingerprint density at radius 1 is 1.60 bits per heavy atom. The van der Waals surface area contributed by atoms with Gasteiger partial charge in [0.05, 0.1) is 6.61 Å². The van der Waals surface area contributed by atoms with Crippen LogP contribution in [0.4, 0.5) is 0 Å². The average Bonchev–Trinajstić information content (AvgIpc) is 1.69. The van der Waals surface area contributed by atoms with E-state index in [-0.39, 0.29) is 25.5 Å². The van der Waals surface area contributed by atoms with Crippen LogP contribution in [0, 0.1) is 11.8 Å². The van der Waals surface area contributed by atoms with E-state index in [2.05, 4.69) is 10.8 Å². The molecule has 10 heavy (non-hydrogen) atoms. The number of rotatable bonds is 2. The third kappa shape index (κ3) is 24.6. The molecule has 0 saturated heterocycles. The van der Waals surface area contributed by atoms with E-state index in [0.717, 1.165) is 0 Å². The van der Waals surface area contributed by atoms with Crippen molar-refractivity contribution >= 4 is 10.4 Å². The van der Waals surface area contributed by atoms with Crippen LogP contribution in [-0.2, 0) is 14.6 Å². The van der Waals surface area contributed by atoms with Crippen LogP contribution in [0.2, 0.25) is 0 Å². The monoisotopic (exact) mass is 159 g/mol. The molecule has 0 aliphatic carbocycles. The summed E-state index contributed by atoms with van der Waals surface area (Å²) in [7, 11) is -4.42. The average molecular weight is 159 g/mol. The van der Waals surface area contributed by atoms with E-state index in [0.29, 0.717) is 0 Å². The van der Waals surface area contributed by atoms with Crippen LogP contribution >= 0.6 is 0 Å². The normalized spacial score (nSPS) is 8.40. The topological polar surface area (TPSA) is 90.2 Å². The van der Waals surface area contributed by atoms with E-state index >= 15 is 0 Å². The molecule has 0 radical (unpaired) electrons. The summed E-state index contributed by atoms with van der Waals surface area (Å²) in [4.78, 5) is 0. The summed E-state index contributed by atoms with van der Waals surface area (Å²) in [5.41, 5.74) is 0. The molecule has 0 aliphatic heterocycles. The SMILES string of the molecule is C#N.CCOS(=O)(=O)[O-].[Li+]. The Morgan fingerprint density at radius 2 is 1.90 bits per heavy atom. The predicted octanol–water partition coefficient (Wildman–Crippen LogP) is -3.37. The maximum atomic E-state index is 9.45. The summed E-state index contributed by atoms with van der Waals surface area (Å²) < 4.78 is 32.0. The maximum absolute atomic E-state index is 9.45. The fourth-order valence-electron chi connectivity index (χ4n) is 0.144. The van der Waals surface area contributed by atoms with Gasteiger partial charge in [-0.2, -0.15) is 0 Å². The molecule has 7 heteroatoms. The van der Waals surface area contributed by atoms with Crippen LogP contribution in [0.15, 0.2) is 0 Å². The van der Waals surface area contributed by atoms with Crippen LogP contribution in [0.25, 0.3) is 0 Å². The molecule has 0 atom stereocenters. The minimum atomic E-state index is -4.42. The minimum absolute atomic E-state index is 0. The van der Waals surface area contributed by atoms with Gasteiger partial charge >= 0.3 is 18.9 Å². The number of hydrogen-bond acceptors (Lipinski definition) is 5. The van der Waals surface area contributed by atoms with Crippen molar-refractivity contribution in [3.63, 3.8) is 0 Å². The second kappa shape index (κ2) is 8.96. The molecule has 0 unspecified atom stereocenters. The third-order valence-electron chi connectivity index (χ3n) is 0.262. The number of nitrogens with zero attached hydrogens (tertiary/aromatic N) is 1. The zero-order chi connectivity index (χ0) is 7.91. The Labute approximate surface area is 72.1 Å². The molecule has 0 N–H and O–H groups in total. The van der Waals surface area contributed by atoms with Crippen LogP contribution in [0.3, 0.4) is 0 Å². The van der Waals surface area contributed by atoms with Crippen molar-refractivity contribution in [2.24, 2.45) is 0 Å².